The highest BCUT2D eigenvalue weighted by Gasteiger charge is 2.42. The number of imidazole rings is 1. The van der Waals surface area contributed by atoms with Crippen LogP contribution in [0.4, 0.5) is 5.95 Å². The molecule has 13 heavy (non-hydrogen) atoms. The zero-order chi connectivity index (χ0) is 9.31. The average molecular weight is 200 g/mol. The van der Waals surface area contributed by atoms with E-state index < -0.39 is 0 Å². The van der Waals surface area contributed by atoms with E-state index in [1.165, 1.54) is 0 Å². The number of hydrogen-bond acceptors (Lipinski definition) is 2. The van der Waals surface area contributed by atoms with Crippen molar-refractivity contribution in [1.29, 1.82) is 0 Å². The summed E-state index contributed by atoms with van der Waals surface area (Å²) < 4.78 is 2.09. The third-order valence-electron chi connectivity index (χ3n) is 2.54. The largest absolute Gasteiger partial charge is 0.349 e. The Bertz CT molecular complexity index is 291. The van der Waals surface area contributed by atoms with E-state index in [0.717, 1.165) is 25.3 Å². The van der Waals surface area contributed by atoms with Gasteiger partial charge in [-0.25, -0.2) is 4.98 Å². The Hall–Kier alpha value is -0.700. The number of anilines is 1. The van der Waals surface area contributed by atoms with E-state index >= 15 is 0 Å². The summed E-state index contributed by atoms with van der Waals surface area (Å²) in [6.45, 7) is 3.05. The first-order valence-corrected chi connectivity index (χ1v) is 5.18. The SMILES string of the molecule is CCn1ccnc1NC1(CCl)CC1. The molecule has 1 heterocycles. The summed E-state index contributed by atoms with van der Waals surface area (Å²) in [4.78, 5) is 4.25. The molecule has 1 aromatic rings. The molecule has 1 aliphatic rings. The molecular weight excluding hydrogens is 186 g/mol. The third-order valence-corrected chi connectivity index (χ3v) is 3.05. The quantitative estimate of drug-likeness (QED) is 0.753. The van der Waals surface area contributed by atoms with Gasteiger partial charge in [-0.2, -0.15) is 0 Å². The van der Waals surface area contributed by atoms with Crippen LogP contribution in [0.1, 0.15) is 19.8 Å². The van der Waals surface area contributed by atoms with Crippen LogP contribution in [0.25, 0.3) is 0 Å². The maximum atomic E-state index is 5.87. The van der Waals surface area contributed by atoms with E-state index in [1.54, 1.807) is 0 Å². The Labute approximate surface area is 83.1 Å². The fourth-order valence-corrected chi connectivity index (χ4v) is 1.70. The monoisotopic (exact) mass is 199 g/mol. The van der Waals surface area contributed by atoms with E-state index in [-0.39, 0.29) is 5.54 Å². The number of alkyl halides is 1. The van der Waals surface area contributed by atoms with Crippen LogP contribution in [-0.4, -0.2) is 21.0 Å². The lowest BCUT2D eigenvalue weighted by Crippen LogP contribution is -2.25. The lowest BCUT2D eigenvalue weighted by atomic mass is 10.3. The Morgan fingerprint density at radius 2 is 2.46 bits per heavy atom. The van der Waals surface area contributed by atoms with Gasteiger partial charge in [-0.15, -0.1) is 11.6 Å². The molecule has 0 spiro atoms. The van der Waals surface area contributed by atoms with Crippen LogP contribution in [0.3, 0.4) is 0 Å². The highest BCUT2D eigenvalue weighted by atomic mass is 35.5. The maximum Gasteiger partial charge on any atom is 0.203 e. The first kappa shape index (κ1) is 8.88. The predicted molar refractivity (Wildman–Crippen MR) is 54.2 cm³/mol. The number of aromatic nitrogens is 2. The van der Waals surface area contributed by atoms with Crippen LogP contribution < -0.4 is 5.32 Å². The van der Waals surface area contributed by atoms with Gasteiger partial charge in [0.05, 0.1) is 5.54 Å². The van der Waals surface area contributed by atoms with Gasteiger partial charge in [0.25, 0.3) is 0 Å². The summed E-state index contributed by atoms with van der Waals surface area (Å²) in [5, 5.41) is 3.40. The van der Waals surface area contributed by atoms with E-state index in [4.69, 9.17) is 11.6 Å². The molecule has 0 aliphatic heterocycles. The molecule has 1 N–H and O–H groups in total. The molecule has 2 rings (SSSR count). The Balaban J connectivity index is 2.09. The molecular formula is C9H14ClN3. The zero-order valence-electron chi connectivity index (χ0n) is 7.76. The predicted octanol–water partition coefficient (Wildman–Crippen LogP) is 2.09. The van der Waals surface area contributed by atoms with Crippen LogP contribution in [0.5, 0.6) is 0 Å². The van der Waals surface area contributed by atoms with Crippen LogP contribution in [0.15, 0.2) is 12.4 Å². The highest BCUT2D eigenvalue weighted by Crippen LogP contribution is 2.39. The van der Waals surface area contributed by atoms with Crippen molar-refractivity contribution in [3.05, 3.63) is 12.4 Å². The minimum Gasteiger partial charge on any atom is -0.349 e. The first-order chi connectivity index (χ1) is 6.29. The molecule has 1 aromatic heterocycles. The van der Waals surface area contributed by atoms with Crippen molar-refractivity contribution < 1.29 is 0 Å². The van der Waals surface area contributed by atoms with Gasteiger partial charge >= 0.3 is 0 Å². The summed E-state index contributed by atoms with van der Waals surface area (Å²) in [7, 11) is 0. The second-order valence-corrected chi connectivity index (χ2v) is 3.84. The molecule has 3 nitrogen and oxygen atoms in total. The Morgan fingerprint density at radius 1 is 1.69 bits per heavy atom. The van der Waals surface area contributed by atoms with E-state index in [9.17, 15) is 0 Å². The molecule has 0 aromatic carbocycles. The molecule has 1 saturated carbocycles. The maximum absolute atomic E-state index is 5.87. The second-order valence-electron chi connectivity index (χ2n) is 3.58. The fraction of sp³-hybridized carbons (Fsp3) is 0.667. The smallest absolute Gasteiger partial charge is 0.203 e. The minimum absolute atomic E-state index is 0.139. The average Bonchev–Trinajstić information content (AvgIpc) is 2.78. The number of halogens is 1. The molecule has 72 valence electrons. The molecule has 0 saturated heterocycles. The van der Waals surface area contributed by atoms with Crippen molar-refractivity contribution in [3.8, 4) is 0 Å². The number of nitrogens with zero attached hydrogens (tertiary/aromatic N) is 2. The Morgan fingerprint density at radius 3 is 3.00 bits per heavy atom. The summed E-state index contributed by atoms with van der Waals surface area (Å²) >= 11 is 5.87. The van der Waals surface area contributed by atoms with Gasteiger partial charge < -0.3 is 9.88 Å². The van der Waals surface area contributed by atoms with Gasteiger partial charge in [0.1, 0.15) is 0 Å². The lowest BCUT2D eigenvalue weighted by molar-refractivity contribution is 0.732. The van der Waals surface area contributed by atoms with E-state index in [1.807, 2.05) is 12.4 Å². The van der Waals surface area contributed by atoms with Crippen molar-refractivity contribution in [2.75, 3.05) is 11.2 Å². The molecule has 1 fully saturated rings. The standard InChI is InChI=1S/C9H14ClN3/c1-2-13-6-5-11-8(13)12-9(7-10)3-4-9/h5-6H,2-4,7H2,1H3,(H,11,12). The van der Waals surface area contributed by atoms with Crippen molar-refractivity contribution in [3.63, 3.8) is 0 Å². The van der Waals surface area contributed by atoms with Crippen molar-refractivity contribution in [2.45, 2.75) is 31.8 Å². The molecule has 4 heteroatoms. The van der Waals surface area contributed by atoms with E-state index in [2.05, 4.69) is 21.8 Å². The van der Waals surface area contributed by atoms with E-state index in [0.29, 0.717) is 5.88 Å². The van der Waals surface area contributed by atoms with Crippen molar-refractivity contribution in [2.24, 2.45) is 0 Å². The summed E-state index contributed by atoms with van der Waals surface area (Å²) in [6.07, 6.45) is 6.11. The van der Waals surface area contributed by atoms with Gasteiger partial charge in [0.15, 0.2) is 0 Å². The van der Waals surface area contributed by atoms with Gasteiger partial charge in [0, 0.05) is 24.8 Å². The number of aryl methyl sites for hydroxylation is 1. The topological polar surface area (TPSA) is 29.9 Å². The van der Waals surface area contributed by atoms with Crippen LogP contribution in [-0.2, 0) is 6.54 Å². The molecule has 0 atom stereocenters. The molecule has 0 unspecified atom stereocenters. The molecule has 0 radical (unpaired) electrons. The van der Waals surface area contributed by atoms with Crippen LogP contribution in [0.2, 0.25) is 0 Å². The van der Waals surface area contributed by atoms with Crippen molar-refractivity contribution >= 4 is 17.5 Å². The second kappa shape index (κ2) is 3.22. The van der Waals surface area contributed by atoms with Gasteiger partial charge in [-0.1, -0.05) is 0 Å². The normalized spacial score (nSPS) is 18.6. The first-order valence-electron chi connectivity index (χ1n) is 4.65. The minimum atomic E-state index is 0.139. The van der Waals surface area contributed by atoms with Crippen molar-refractivity contribution in [1.82, 2.24) is 9.55 Å². The molecule has 0 amide bonds. The number of hydrogen-bond donors (Lipinski definition) is 1. The van der Waals surface area contributed by atoms with Crippen LogP contribution >= 0.6 is 11.6 Å². The number of rotatable bonds is 4. The summed E-state index contributed by atoms with van der Waals surface area (Å²) in [5.41, 5.74) is 0.139. The zero-order valence-corrected chi connectivity index (χ0v) is 8.51. The Kier molecular flexibility index (Phi) is 2.20. The van der Waals surface area contributed by atoms with Gasteiger partial charge in [-0.05, 0) is 19.8 Å². The summed E-state index contributed by atoms with van der Waals surface area (Å²) in [5.74, 6) is 1.62. The molecule has 1 aliphatic carbocycles. The highest BCUT2D eigenvalue weighted by molar-refractivity contribution is 6.19. The molecule has 0 bridgehead atoms. The number of nitrogens with one attached hydrogen (secondary N) is 1. The lowest BCUT2D eigenvalue weighted by Gasteiger charge is -2.15. The van der Waals surface area contributed by atoms with Gasteiger partial charge in [0.2, 0.25) is 5.95 Å². The fourth-order valence-electron chi connectivity index (χ4n) is 1.37. The third kappa shape index (κ3) is 1.66. The summed E-state index contributed by atoms with van der Waals surface area (Å²) in [6, 6.07) is 0. The van der Waals surface area contributed by atoms with Crippen LogP contribution in [0, 0.1) is 0 Å². The van der Waals surface area contributed by atoms with Gasteiger partial charge in [-0.3, -0.25) is 0 Å².